The van der Waals surface area contributed by atoms with Gasteiger partial charge >= 0.3 is 0 Å². The molecule has 0 radical (unpaired) electrons. The average molecular weight is 400 g/mol. The Morgan fingerprint density at radius 3 is 2.40 bits per heavy atom. The van der Waals surface area contributed by atoms with Gasteiger partial charge in [-0.2, -0.15) is 5.26 Å². The van der Waals surface area contributed by atoms with Gasteiger partial charge in [-0.05, 0) is 61.7 Å². The van der Waals surface area contributed by atoms with Crippen LogP contribution < -0.4 is 10.9 Å². The normalized spacial score (nSPS) is 12.2. The zero-order valence-corrected chi connectivity index (χ0v) is 17.3. The molecule has 2 aromatic heterocycles. The van der Waals surface area contributed by atoms with Gasteiger partial charge in [0.25, 0.3) is 5.56 Å². The standard InChI is InChI=1S/C24H24N4O2/c1-15-8-16(2)10-18(9-15)26-13-19(29)14-27-21-6-4-5-7-22(21)28-23(30)11-17(3)20(12-25)24(27)28/h4-11,19,26,29H,13-14H2,1-3H3. The largest absolute Gasteiger partial charge is 0.389 e. The maximum atomic E-state index is 12.7. The molecule has 30 heavy (non-hydrogen) atoms. The van der Waals surface area contributed by atoms with Gasteiger partial charge in [0.05, 0.1) is 29.2 Å². The average Bonchev–Trinajstić information content (AvgIpc) is 3.01. The van der Waals surface area contributed by atoms with E-state index in [4.69, 9.17) is 0 Å². The number of para-hydroxylation sites is 2. The summed E-state index contributed by atoms with van der Waals surface area (Å²) in [6.45, 7) is 6.44. The number of hydrogen-bond donors (Lipinski definition) is 2. The van der Waals surface area contributed by atoms with Crippen LogP contribution in [0, 0.1) is 32.1 Å². The monoisotopic (exact) mass is 400 g/mol. The molecule has 4 aromatic rings. The van der Waals surface area contributed by atoms with Gasteiger partial charge in [0.2, 0.25) is 0 Å². The van der Waals surface area contributed by atoms with Crippen molar-refractivity contribution in [3.63, 3.8) is 0 Å². The fourth-order valence-electron chi connectivity index (χ4n) is 4.11. The molecule has 0 saturated heterocycles. The predicted molar refractivity (Wildman–Crippen MR) is 119 cm³/mol. The van der Waals surface area contributed by atoms with Crippen LogP contribution in [-0.4, -0.2) is 26.7 Å². The SMILES string of the molecule is Cc1cc(C)cc(NCC(O)Cn2c3ccccc3n3c(=O)cc(C)c(C#N)c23)c1. The number of aliphatic hydroxyl groups is 1. The second-order valence-electron chi connectivity index (χ2n) is 7.82. The molecule has 0 bridgehead atoms. The maximum Gasteiger partial charge on any atom is 0.257 e. The highest BCUT2D eigenvalue weighted by Gasteiger charge is 2.19. The molecule has 4 rings (SSSR count). The number of aromatic nitrogens is 2. The first-order chi connectivity index (χ1) is 14.4. The van der Waals surface area contributed by atoms with Crippen LogP contribution in [0.5, 0.6) is 0 Å². The van der Waals surface area contributed by atoms with Crippen molar-refractivity contribution in [2.75, 3.05) is 11.9 Å². The number of nitrogens with one attached hydrogen (secondary N) is 1. The molecule has 0 fully saturated rings. The lowest BCUT2D eigenvalue weighted by Crippen LogP contribution is -2.25. The molecule has 6 nitrogen and oxygen atoms in total. The predicted octanol–water partition coefficient (Wildman–Crippen LogP) is 3.52. The number of benzene rings is 2. The first-order valence-electron chi connectivity index (χ1n) is 9.93. The summed E-state index contributed by atoms with van der Waals surface area (Å²) in [6, 6.07) is 17.4. The lowest BCUT2D eigenvalue weighted by molar-refractivity contribution is 0.169. The van der Waals surface area contributed by atoms with E-state index in [0.29, 0.717) is 23.3 Å². The smallest absolute Gasteiger partial charge is 0.257 e. The van der Waals surface area contributed by atoms with Gasteiger partial charge in [0.1, 0.15) is 11.7 Å². The summed E-state index contributed by atoms with van der Waals surface area (Å²) >= 11 is 0. The third-order valence-corrected chi connectivity index (χ3v) is 5.33. The van der Waals surface area contributed by atoms with Crippen LogP contribution in [-0.2, 0) is 6.54 Å². The summed E-state index contributed by atoms with van der Waals surface area (Å²) in [5, 5.41) is 23.8. The van der Waals surface area contributed by atoms with Crippen molar-refractivity contribution in [3.8, 4) is 6.07 Å². The number of hydrogen-bond acceptors (Lipinski definition) is 4. The van der Waals surface area contributed by atoms with Gasteiger partial charge in [-0.15, -0.1) is 0 Å². The third kappa shape index (κ3) is 3.44. The number of nitriles is 1. The van der Waals surface area contributed by atoms with Crippen molar-refractivity contribution < 1.29 is 5.11 Å². The first-order valence-corrected chi connectivity index (χ1v) is 9.93. The lowest BCUT2D eigenvalue weighted by Gasteiger charge is -2.16. The highest BCUT2D eigenvalue weighted by atomic mass is 16.3. The Bertz CT molecular complexity index is 1340. The van der Waals surface area contributed by atoms with Crippen molar-refractivity contribution >= 4 is 22.4 Å². The minimum atomic E-state index is -0.715. The van der Waals surface area contributed by atoms with E-state index in [9.17, 15) is 15.2 Å². The third-order valence-electron chi connectivity index (χ3n) is 5.33. The highest BCUT2D eigenvalue weighted by molar-refractivity contribution is 5.84. The minimum absolute atomic E-state index is 0.181. The van der Waals surface area contributed by atoms with Gasteiger partial charge < -0.3 is 15.0 Å². The van der Waals surface area contributed by atoms with Gasteiger partial charge in [-0.25, -0.2) is 0 Å². The molecule has 0 aliphatic heterocycles. The molecule has 6 heteroatoms. The van der Waals surface area contributed by atoms with Crippen molar-refractivity contribution in [1.29, 1.82) is 5.26 Å². The molecule has 0 aliphatic carbocycles. The Hall–Kier alpha value is -3.56. The Labute approximate surface area is 174 Å². The maximum absolute atomic E-state index is 12.7. The summed E-state index contributed by atoms with van der Waals surface area (Å²) in [6.07, 6.45) is -0.715. The van der Waals surface area contributed by atoms with Gasteiger partial charge in [-0.3, -0.25) is 9.20 Å². The molecule has 2 aromatic carbocycles. The van der Waals surface area contributed by atoms with E-state index < -0.39 is 6.10 Å². The Morgan fingerprint density at radius 1 is 1.07 bits per heavy atom. The zero-order valence-electron chi connectivity index (χ0n) is 17.3. The van der Waals surface area contributed by atoms with Crippen molar-refractivity contribution in [3.05, 3.63) is 81.1 Å². The summed E-state index contributed by atoms with van der Waals surface area (Å²) < 4.78 is 3.43. The highest BCUT2D eigenvalue weighted by Crippen LogP contribution is 2.24. The van der Waals surface area contributed by atoms with Crippen molar-refractivity contribution in [1.82, 2.24) is 8.97 Å². The summed E-state index contributed by atoms with van der Waals surface area (Å²) in [7, 11) is 0. The quantitative estimate of drug-likeness (QED) is 0.537. The van der Waals surface area contributed by atoms with Crippen molar-refractivity contribution in [2.45, 2.75) is 33.4 Å². The van der Waals surface area contributed by atoms with E-state index in [1.807, 2.05) is 54.8 Å². The van der Waals surface area contributed by atoms with E-state index in [1.54, 1.807) is 11.3 Å². The molecule has 2 heterocycles. The molecule has 0 amide bonds. The molecule has 2 N–H and O–H groups in total. The second kappa shape index (κ2) is 7.69. The Kier molecular flexibility index (Phi) is 5.06. The van der Waals surface area contributed by atoms with E-state index in [2.05, 4.69) is 17.5 Å². The molecule has 1 unspecified atom stereocenters. The minimum Gasteiger partial charge on any atom is -0.389 e. The summed E-state index contributed by atoms with van der Waals surface area (Å²) in [4.78, 5) is 12.7. The Morgan fingerprint density at radius 2 is 1.73 bits per heavy atom. The number of aliphatic hydroxyl groups excluding tert-OH is 1. The number of imidazole rings is 1. The van der Waals surface area contributed by atoms with Gasteiger partial charge in [0.15, 0.2) is 0 Å². The number of fused-ring (bicyclic) bond motifs is 3. The van der Waals surface area contributed by atoms with Crippen LogP contribution in [0.2, 0.25) is 0 Å². The van der Waals surface area contributed by atoms with Gasteiger partial charge in [-0.1, -0.05) is 18.2 Å². The first kappa shape index (κ1) is 19.7. The van der Waals surface area contributed by atoms with Crippen LogP contribution in [0.3, 0.4) is 0 Å². The van der Waals surface area contributed by atoms with Crippen LogP contribution in [0.15, 0.2) is 53.3 Å². The Balaban J connectivity index is 1.74. The van der Waals surface area contributed by atoms with Crippen LogP contribution in [0.4, 0.5) is 5.69 Å². The molecule has 0 spiro atoms. The number of anilines is 1. The molecule has 152 valence electrons. The van der Waals surface area contributed by atoms with E-state index in [0.717, 1.165) is 27.8 Å². The van der Waals surface area contributed by atoms with Gasteiger partial charge in [0, 0.05) is 18.3 Å². The lowest BCUT2D eigenvalue weighted by atomic mass is 10.1. The second-order valence-corrected chi connectivity index (χ2v) is 7.82. The van der Waals surface area contributed by atoms with Crippen molar-refractivity contribution in [2.24, 2.45) is 0 Å². The molecular weight excluding hydrogens is 376 g/mol. The van der Waals surface area contributed by atoms with E-state index in [-0.39, 0.29) is 12.1 Å². The summed E-state index contributed by atoms with van der Waals surface area (Å²) in [5.41, 5.74) is 6.22. The molecular formula is C24H24N4O2. The van der Waals surface area contributed by atoms with Crippen LogP contribution in [0.25, 0.3) is 16.7 Å². The summed E-state index contributed by atoms with van der Waals surface area (Å²) in [5.74, 6) is 0. The fourth-order valence-corrected chi connectivity index (χ4v) is 4.11. The van der Waals surface area contributed by atoms with E-state index >= 15 is 0 Å². The topological polar surface area (TPSA) is 82.5 Å². The zero-order chi connectivity index (χ0) is 21.4. The number of rotatable bonds is 5. The molecule has 1 atom stereocenters. The fraction of sp³-hybridized carbons (Fsp3) is 0.250. The molecule has 0 aliphatic rings. The number of nitrogens with zero attached hydrogens (tertiary/aromatic N) is 3. The number of aryl methyl sites for hydroxylation is 3. The van der Waals surface area contributed by atoms with Crippen LogP contribution in [0.1, 0.15) is 22.3 Å². The number of pyridine rings is 1. The molecule has 0 saturated carbocycles. The van der Waals surface area contributed by atoms with Crippen LogP contribution >= 0.6 is 0 Å². The van der Waals surface area contributed by atoms with E-state index in [1.165, 1.54) is 6.07 Å².